The Hall–Kier alpha value is -2.95. The van der Waals surface area contributed by atoms with Gasteiger partial charge in [-0.15, -0.1) is 0 Å². The lowest BCUT2D eigenvalue weighted by molar-refractivity contribution is -0.137. The molecule has 1 amide bonds. The molecule has 0 saturated carbocycles. The zero-order chi connectivity index (χ0) is 21.3. The van der Waals surface area contributed by atoms with Gasteiger partial charge in [-0.3, -0.25) is 14.2 Å². The fourth-order valence-electron chi connectivity index (χ4n) is 3.27. The second-order valence-corrected chi connectivity index (χ2v) is 7.98. The lowest BCUT2D eigenvalue weighted by atomic mass is 10.1. The second kappa shape index (κ2) is 8.05. The molecule has 1 aromatic carbocycles. The van der Waals surface area contributed by atoms with E-state index in [-0.39, 0.29) is 17.8 Å². The van der Waals surface area contributed by atoms with E-state index >= 15 is 0 Å². The monoisotopic (exact) mass is 437 g/mol. The van der Waals surface area contributed by atoms with Crippen LogP contribution in [0, 0.1) is 0 Å². The van der Waals surface area contributed by atoms with E-state index in [2.05, 4.69) is 20.2 Å². The molecule has 2 aromatic heterocycles. The van der Waals surface area contributed by atoms with Gasteiger partial charge in [-0.25, -0.2) is 4.98 Å². The average molecular weight is 437 g/mol. The third-order valence-electron chi connectivity index (χ3n) is 4.81. The average Bonchev–Trinajstić information content (AvgIpc) is 3.16. The van der Waals surface area contributed by atoms with Crippen molar-refractivity contribution in [3.05, 3.63) is 46.5 Å². The van der Waals surface area contributed by atoms with Crippen molar-refractivity contribution in [2.75, 3.05) is 23.3 Å². The number of alkyl halides is 3. The number of carbonyl (C=O) groups is 1. The van der Waals surface area contributed by atoms with Crippen LogP contribution >= 0.6 is 11.3 Å². The van der Waals surface area contributed by atoms with Crippen LogP contribution in [0.3, 0.4) is 0 Å². The summed E-state index contributed by atoms with van der Waals surface area (Å²) in [5.74, 6) is -0.543. The molecule has 7 nitrogen and oxygen atoms in total. The van der Waals surface area contributed by atoms with Gasteiger partial charge in [0.05, 0.1) is 5.56 Å². The summed E-state index contributed by atoms with van der Waals surface area (Å²) in [4.78, 5) is 35.8. The molecule has 3 aromatic rings. The Morgan fingerprint density at radius 3 is 2.50 bits per heavy atom. The van der Waals surface area contributed by atoms with Crippen molar-refractivity contribution in [3.8, 4) is 0 Å². The fraction of sp³-hybridized carbons (Fsp3) is 0.368. The number of amides is 1. The normalized spacial score (nSPS) is 14.8. The van der Waals surface area contributed by atoms with E-state index in [4.69, 9.17) is 0 Å². The first kappa shape index (κ1) is 20.3. The standard InChI is InChI=1S/C19H18F3N5O2S/c20-19(21,22)12-4-6-13(7-5-12)24-14(28)10-27-11-23-16-15(17(27)29)30-18(25-16)26-8-2-1-3-9-26/h4-7,11H,1-3,8-10H2,(H,24,28). The summed E-state index contributed by atoms with van der Waals surface area (Å²) < 4.78 is 39.4. The Kier molecular flexibility index (Phi) is 5.46. The van der Waals surface area contributed by atoms with Crippen molar-refractivity contribution in [1.29, 1.82) is 0 Å². The first-order chi connectivity index (χ1) is 14.3. The van der Waals surface area contributed by atoms with Crippen LogP contribution in [0.2, 0.25) is 0 Å². The molecule has 1 aliphatic heterocycles. The number of nitrogens with one attached hydrogen (secondary N) is 1. The van der Waals surface area contributed by atoms with Crippen molar-refractivity contribution in [2.24, 2.45) is 0 Å². The Morgan fingerprint density at radius 1 is 1.13 bits per heavy atom. The molecule has 0 spiro atoms. The largest absolute Gasteiger partial charge is 0.416 e. The number of carbonyl (C=O) groups excluding carboxylic acids is 1. The predicted octanol–water partition coefficient (Wildman–Crippen LogP) is 3.50. The SMILES string of the molecule is O=C(Cn1cnc2nc(N3CCCCC3)sc2c1=O)Nc1ccc(C(F)(F)F)cc1. The van der Waals surface area contributed by atoms with Crippen LogP contribution in [0.25, 0.3) is 10.3 Å². The molecule has 0 aliphatic carbocycles. The fourth-order valence-corrected chi connectivity index (χ4v) is 4.29. The summed E-state index contributed by atoms with van der Waals surface area (Å²) in [6, 6.07) is 4.10. The van der Waals surface area contributed by atoms with Crippen molar-refractivity contribution < 1.29 is 18.0 Å². The summed E-state index contributed by atoms with van der Waals surface area (Å²) in [5.41, 5.74) is -0.616. The number of rotatable bonds is 4. The molecular weight excluding hydrogens is 419 g/mol. The number of hydrogen-bond donors (Lipinski definition) is 1. The number of benzene rings is 1. The third-order valence-corrected chi connectivity index (χ3v) is 5.90. The van der Waals surface area contributed by atoms with Gasteiger partial charge in [0.2, 0.25) is 5.91 Å². The Morgan fingerprint density at radius 2 is 1.83 bits per heavy atom. The summed E-state index contributed by atoms with van der Waals surface area (Å²) in [6.45, 7) is 1.48. The van der Waals surface area contributed by atoms with Crippen molar-refractivity contribution >= 4 is 38.4 Å². The number of thiazole rings is 1. The van der Waals surface area contributed by atoms with Gasteiger partial charge >= 0.3 is 6.18 Å². The Bertz CT molecular complexity index is 1120. The van der Waals surface area contributed by atoms with Crippen LogP contribution in [0.1, 0.15) is 24.8 Å². The van der Waals surface area contributed by atoms with Crippen LogP contribution in [0.15, 0.2) is 35.4 Å². The maximum atomic E-state index is 12.7. The zero-order valence-electron chi connectivity index (χ0n) is 15.8. The van der Waals surface area contributed by atoms with E-state index in [9.17, 15) is 22.8 Å². The zero-order valence-corrected chi connectivity index (χ0v) is 16.6. The molecule has 1 fully saturated rings. The van der Waals surface area contributed by atoms with Gasteiger partial charge in [-0.05, 0) is 43.5 Å². The molecule has 0 bridgehead atoms. The Balaban J connectivity index is 1.48. The first-order valence-electron chi connectivity index (χ1n) is 9.39. The number of fused-ring (bicyclic) bond motifs is 1. The maximum absolute atomic E-state index is 12.7. The molecular formula is C19H18F3N5O2S. The third kappa shape index (κ3) is 4.30. The molecule has 158 valence electrons. The first-order valence-corrected chi connectivity index (χ1v) is 10.2. The molecule has 0 radical (unpaired) electrons. The maximum Gasteiger partial charge on any atom is 0.416 e. The number of aromatic nitrogens is 3. The van der Waals surface area contributed by atoms with Crippen LogP contribution in [-0.2, 0) is 17.5 Å². The number of halogens is 3. The molecule has 0 atom stereocenters. The highest BCUT2D eigenvalue weighted by molar-refractivity contribution is 7.22. The van der Waals surface area contributed by atoms with E-state index in [1.807, 2.05) is 0 Å². The quantitative estimate of drug-likeness (QED) is 0.676. The van der Waals surface area contributed by atoms with Crippen LogP contribution < -0.4 is 15.8 Å². The summed E-state index contributed by atoms with van der Waals surface area (Å²) in [5, 5.41) is 3.24. The number of nitrogens with zero attached hydrogens (tertiary/aromatic N) is 4. The van der Waals surface area contributed by atoms with Crippen LogP contribution in [0.4, 0.5) is 24.0 Å². The molecule has 1 saturated heterocycles. The predicted molar refractivity (Wildman–Crippen MR) is 108 cm³/mol. The van der Waals surface area contributed by atoms with Gasteiger partial charge in [0.25, 0.3) is 5.56 Å². The van der Waals surface area contributed by atoms with Gasteiger partial charge < -0.3 is 10.2 Å². The molecule has 30 heavy (non-hydrogen) atoms. The van der Waals surface area contributed by atoms with Gasteiger partial charge in [0.1, 0.15) is 17.6 Å². The molecule has 3 heterocycles. The minimum atomic E-state index is -4.45. The highest BCUT2D eigenvalue weighted by Crippen LogP contribution is 2.30. The van der Waals surface area contributed by atoms with Gasteiger partial charge in [-0.2, -0.15) is 18.2 Å². The van der Waals surface area contributed by atoms with Crippen LogP contribution in [0.5, 0.6) is 0 Å². The lowest BCUT2D eigenvalue weighted by Gasteiger charge is -2.25. The highest BCUT2D eigenvalue weighted by Gasteiger charge is 2.30. The van der Waals surface area contributed by atoms with E-state index in [0.717, 1.165) is 43.2 Å². The van der Waals surface area contributed by atoms with E-state index in [1.165, 1.54) is 40.8 Å². The van der Waals surface area contributed by atoms with Gasteiger partial charge in [0.15, 0.2) is 10.8 Å². The van der Waals surface area contributed by atoms with E-state index in [1.54, 1.807) is 0 Å². The molecule has 4 rings (SSSR count). The molecule has 0 unspecified atom stereocenters. The van der Waals surface area contributed by atoms with Crippen LogP contribution in [-0.4, -0.2) is 33.5 Å². The van der Waals surface area contributed by atoms with Gasteiger partial charge in [-0.1, -0.05) is 11.3 Å². The minimum Gasteiger partial charge on any atom is -0.348 e. The Labute approximate surface area is 173 Å². The van der Waals surface area contributed by atoms with Crippen molar-refractivity contribution in [3.63, 3.8) is 0 Å². The summed E-state index contributed by atoms with van der Waals surface area (Å²) in [7, 11) is 0. The molecule has 1 aliphatic rings. The summed E-state index contributed by atoms with van der Waals surface area (Å²) >= 11 is 1.26. The topological polar surface area (TPSA) is 80.1 Å². The minimum absolute atomic E-state index is 0.209. The van der Waals surface area contributed by atoms with Crippen molar-refractivity contribution in [1.82, 2.24) is 14.5 Å². The smallest absolute Gasteiger partial charge is 0.348 e. The lowest BCUT2D eigenvalue weighted by Crippen LogP contribution is -2.29. The molecule has 11 heteroatoms. The van der Waals surface area contributed by atoms with E-state index in [0.29, 0.717) is 10.3 Å². The van der Waals surface area contributed by atoms with Crippen molar-refractivity contribution in [2.45, 2.75) is 32.0 Å². The van der Waals surface area contributed by atoms with Gasteiger partial charge in [0, 0.05) is 18.8 Å². The molecule has 1 N–H and O–H groups in total. The number of anilines is 2. The number of piperidine rings is 1. The van der Waals surface area contributed by atoms with E-state index < -0.39 is 17.6 Å². The summed E-state index contributed by atoms with van der Waals surface area (Å²) in [6.07, 6.45) is 0.158. The number of hydrogen-bond acceptors (Lipinski definition) is 6. The highest BCUT2D eigenvalue weighted by atomic mass is 32.1. The second-order valence-electron chi connectivity index (χ2n) is 7.00.